The Morgan fingerprint density at radius 1 is 1.12 bits per heavy atom. The molecule has 1 aliphatic rings. The van der Waals surface area contributed by atoms with Crippen LogP contribution in [0.5, 0.6) is 0 Å². The predicted molar refractivity (Wildman–Crippen MR) is 125 cm³/mol. The van der Waals surface area contributed by atoms with Crippen LogP contribution in [-0.2, 0) is 11.3 Å². The number of rotatable bonds is 6. The summed E-state index contributed by atoms with van der Waals surface area (Å²) in [5.41, 5.74) is 1.95. The molecule has 0 aliphatic carbocycles. The smallest absolute Gasteiger partial charge is 0.338 e. The van der Waals surface area contributed by atoms with Crippen molar-refractivity contribution in [3.63, 3.8) is 0 Å². The molecule has 1 aliphatic heterocycles. The third kappa shape index (κ3) is 4.01. The molecule has 0 radical (unpaired) electrons. The number of carbonyl (C=O) groups excluding carboxylic acids is 1. The number of hydrogen-bond acceptors (Lipinski definition) is 6. The summed E-state index contributed by atoms with van der Waals surface area (Å²) in [5.74, 6) is 1.63. The molecule has 4 aromatic rings. The van der Waals surface area contributed by atoms with E-state index in [4.69, 9.17) is 25.8 Å². The SMILES string of the molecule is COC(=O)c1ccccc1-c1ccc([C@@H]2[C@H](c3ccccn3)NC(=S)N2Cc2ccco2)o1. The minimum Gasteiger partial charge on any atom is -0.467 e. The molecule has 8 heteroatoms. The maximum Gasteiger partial charge on any atom is 0.338 e. The quantitative estimate of drug-likeness (QED) is 0.322. The molecule has 0 amide bonds. The summed E-state index contributed by atoms with van der Waals surface area (Å²) in [4.78, 5) is 18.8. The van der Waals surface area contributed by atoms with Gasteiger partial charge in [-0.3, -0.25) is 4.98 Å². The number of esters is 1. The van der Waals surface area contributed by atoms with E-state index in [1.165, 1.54) is 7.11 Å². The first-order chi connectivity index (χ1) is 16.2. The normalized spacial score (nSPS) is 17.7. The van der Waals surface area contributed by atoms with E-state index >= 15 is 0 Å². The lowest BCUT2D eigenvalue weighted by atomic mass is 10.0. The lowest BCUT2D eigenvalue weighted by molar-refractivity contribution is 0.0601. The summed E-state index contributed by atoms with van der Waals surface area (Å²) in [7, 11) is 1.36. The zero-order valence-corrected chi connectivity index (χ0v) is 18.6. The van der Waals surface area contributed by atoms with Gasteiger partial charge in [0.25, 0.3) is 0 Å². The van der Waals surface area contributed by atoms with Crippen LogP contribution in [0.15, 0.2) is 88.0 Å². The third-order valence-corrected chi connectivity index (χ3v) is 5.97. The van der Waals surface area contributed by atoms with Crippen molar-refractivity contribution in [1.82, 2.24) is 15.2 Å². The van der Waals surface area contributed by atoms with Crippen molar-refractivity contribution in [1.29, 1.82) is 0 Å². The van der Waals surface area contributed by atoms with Gasteiger partial charge >= 0.3 is 5.97 Å². The Balaban J connectivity index is 1.55. The van der Waals surface area contributed by atoms with Gasteiger partial charge in [-0.2, -0.15) is 0 Å². The van der Waals surface area contributed by atoms with E-state index in [1.54, 1.807) is 24.6 Å². The van der Waals surface area contributed by atoms with Crippen LogP contribution in [0.4, 0.5) is 0 Å². The van der Waals surface area contributed by atoms with E-state index in [1.807, 2.05) is 59.5 Å². The summed E-state index contributed by atoms with van der Waals surface area (Å²) < 4.78 is 16.8. The molecule has 166 valence electrons. The molecule has 0 unspecified atom stereocenters. The molecule has 33 heavy (non-hydrogen) atoms. The molecule has 3 aromatic heterocycles. The predicted octanol–water partition coefficient (Wildman–Crippen LogP) is 4.89. The first kappa shape index (κ1) is 21.0. The highest BCUT2D eigenvalue weighted by atomic mass is 32.1. The number of methoxy groups -OCH3 is 1. The monoisotopic (exact) mass is 459 g/mol. The molecule has 1 saturated heterocycles. The van der Waals surface area contributed by atoms with Gasteiger partial charge in [-0.1, -0.05) is 24.3 Å². The molecule has 7 nitrogen and oxygen atoms in total. The molecule has 5 rings (SSSR count). The van der Waals surface area contributed by atoms with E-state index in [-0.39, 0.29) is 12.1 Å². The molecule has 0 saturated carbocycles. The zero-order valence-electron chi connectivity index (χ0n) is 17.8. The van der Waals surface area contributed by atoms with Crippen LogP contribution >= 0.6 is 12.2 Å². The van der Waals surface area contributed by atoms with E-state index < -0.39 is 5.97 Å². The number of ether oxygens (including phenoxy) is 1. The van der Waals surface area contributed by atoms with Crippen LogP contribution in [0.2, 0.25) is 0 Å². The van der Waals surface area contributed by atoms with Crippen molar-refractivity contribution in [3.05, 3.63) is 102 Å². The summed E-state index contributed by atoms with van der Waals surface area (Å²) in [6, 6.07) is 20.0. The topological polar surface area (TPSA) is 80.7 Å². The van der Waals surface area contributed by atoms with Gasteiger partial charge in [0.05, 0.1) is 37.2 Å². The van der Waals surface area contributed by atoms with Crippen LogP contribution < -0.4 is 5.32 Å². The molecule has 1 aromatic carbocycles. The highest BCUT2D eigenvalue weighted by Gasteiger charge is 2.42. The molecule has 1 N–H and O–H groups in total. The average molecular weight is 460 g/mol. The second kappa shape index (κ2) is 8.91. The standard InChI is InChI=1S/C25H21N3O4S/c1-30-24(29)18-9-3-2-8-17(18)20-11-12-21(32-20)23-22(19-10-4-5-13-26-19)27-25(33)28(23)15-16-7-6-14-31-16/h2-14,22-23H,15H2,1H3,(H,27,33)/t22-,23+/m0/s1. The summed E-state index contributed by atoms with van der Waals surface area (Å²) in [5, 5.41) is 3.97. The van der Waals surface area contributed by atoms with Crippen molar-refractivity contribution in [2.24, 2.45) is 0 Å². The number of carbonyl (C=O) groups is 1. The number of nitrogens with zero attached hydrogens (tertiary/aromatic N) is 2. The van der Waals surface area contributed by atoms with Gasteiger partial charge in [0.2, 0.25) is 0 Å². The average Bonchev–Trinajstić information content (AvgIpc) is 3.61. The lowest BCUT2D eigenvalue weighted by Crippen LogP contribution is -2.28. The van der Waals surface area contributed by atoms with Gasteiger partial charge in [-0.25, -0.2) is 4.79 Å². The summed E-state index contributed by atoms with van der Waals surface area (Å²) >= 11 is 5.68. The Bertz CT molecular complexity index is 1270. The minimum absolute atomic E-state index is 0.219. The Morgan fingerprint density at radius 3 is 2.73 bits per heavy atom. The Morgan fingerprint density at radius 2 is 1.97 bits per heavy atom. The first-order valence-electron chi connectivity index (χ1n) is 10.4. The van der Waals surface area contributed by atoms with E-state index in [9.17, 15) is 4.79 Å². The summed E-state index contributed by atoms with van der Waals surface area (Å²) in [6.07, 6.45) is 3.40. The fraction of sp³-hybridized carbons (Fsp3) is 0.160. The van der Waals surface area contributed by atoms with Gasteiger partial charge in [0, 0.05) is 11.8 Å². The van der Waals surface area contributed by atoms with Gasteiger partial charge in [0.1, 0.15) is 23.3 Å². The lowest BCUT2D eigenvalue weighted by Gasteiger charge is -2.25. The van der Waals surface area contributed by atoms with Crippen molar-refractivity contribution in [3.8, 4) is 11.3 Å². The van der Waals surface area contributed by atoms with Crippen molar-refractivity contribution in [2.75, 3.05) is 7.11 Å². The molecule has 0 spiro atoms. The second-order valence-corrected chi connectivity index (χ2v) is 7.96. The van der Waals surface area contributed by atoms with Gasteiger partial charge in [-0.05, 0) is 54.7 Å². The molecule has 4 heterocycles. The zero-order chi connectivity index (χ0) is 22.8. The number of nitrogens with one attached hydrogen (secondary N) is 1. The van der Waals surface area contributed by atoms with E-state index in [2.05, 4.69) is 10.3 Å². The Labute approximate surface area is 196 Å². The van der Waals surface area contributed by atoms with Crippen LogP contribution in [0.1, 0.15) is 39.7 Å². The van der Waals surface area contributed by atoms with Crippen molar-refractivity contribution in [2.45, 2.75) is 18.6 Å². The fourth-order valence-electron chi connectivity index (χ4n) is 4.10. The highest BCUT2D eigenvalue weighted by molar-refractivity contribution is 7.80. The maximum atomic E-state index is 12.3. The molecular weight excluding hydrogens is 438 g/mol. The van der Waals surface area contributed by atoms with Crippen LogP contribution in [0.25, 0.3) is 11.3 Å². The van der Waals surface area contributed by atoms with Crippen LogP contribution in [0.3, 0.4) is 0 Å². The highest BCUT2D eigenvalue weighted by Crippen LogP contribution is 2.41. The van der Waals surface area contributed by atoms with Gasteiger partial charge in [-0.15, -0.1) is 0 Å². The van der Waals surface area contributed by atoms with Gasteiger partial charge < -0.3 is 23.8 Å². The Kier molecular flexibility index (Phi) is 5.66. The number of hydrogen-bond donors (Lipinski definition) is 1. The molecular formula is C25H21N3O4S. The van der Waals surface area contributed by atoms with Crippen molar-refractivity contribution < 1.29 is 18.4 Å². The third-order valence-electron chi connectivity index (χ3n) is 5.62. The first-order valence-corrected chi connectivity index (χ1v) is 10.8. The van der Waals surface area contributed by atoms with Crippen LogP contribution in [0, 0.1) is 0 Å². The number of furan rings is 2. The number of pyridine rings is 1. The number of thiocarbonyl (C=S) groups is 1. The molecule has 2 atom stereocenters. The van der Waals surface area contributed by atoms with Crippen LogP contribution in [-0.4, -0.2) is 28.1 Å². The summed E-state index contributed by atoms with van der Waals surface area (Å²) in [6.45, 7) is 0.474. The Hall–Kier alpha value is -3.91. The molecule has 1 fully saturated rings. The van der Waals surface area contributed by atoms with Crippen molar-refractivity contribution >= 4 is 23.3 Å². The number of aromatic nitrogens is 1. The number of benzene rings is 1. The fourth-order valence-corrected chi connectivity index (χ4v) is 4.40. The largest absolute Gasteiger partial charge is 0.467 e. The minimum atomic E-state index is -0.418. The van der Waals surface area contributed by atoms with E-state index in [0.29, 0.717) is 34.3 Å². The van der Waals surface area contributed by atoms with Gasteiger partial charge in [0.15, 0.2) is 5.11 Å². The van der Waals surface area contributed by atoms with E-state index in [0.717, 1.165) is 11.5 Å². The molecule has 0 bridgehead atoms. The maximum absolute atomic E-state index is 12.3. The second-order valence-electron chi connectivity index (χ2n) is 7.57.